The van der Waals surface area contributed by atoms with E-state index in [1.54, 1.807) is 0 Å². The van der Waals surface area contributed by atoms with E-state index in [9.17, 15) is 13.6 Å². The quantitative estimate of drug-likeness (QED) is 0.885. The number of esters is 1. The molecule has 0 bridgehead atoms. The number of fused-ring (bicyclic) bond motifs is 1. The zero-order valence-electron chi connectivity index (χ0n) is 11.3. The van der Waals surface area contributed by atoms with Gasteiger partial charge in [-0.1, -0.05) is 0 Å². The van der Waals surface area contributed by atoms with Gasteiger partial charge >= 0.3 is 5.97 Å². The Balaban J connectivity index is 1.72. The summed E-state index contributed by atoms with van der Waals surface area (Å²) in [6, 6.07) is 3.04. The molecule has 0 spiro atoms. The molecule has 0 saturated carbocycles. The number of aromatic amines is 1. The topological polar surface area (TPSA) is 55.0 Å². The van der Waals surface area contributed by atoms with Crippen LogP contribution in [0.2, 0.25) is 0 Å². The first kappa shape index (κ1) is 13.7. The number of benzene rings is 1. The van der Waals surface area contributed by atoms with Crippen molar-refractivity contribution in [1.82, 2.24) is 10.2 Å². The van der Waals surface area contributed by atoms with Gasteiger partial charge in [0.25, 0.3) is 0 Å². The molecular weight excluding hydrogens is 278 g/mol. The highest BCUT2D eigenvalue weighted by atomic mass is 19.1. The van der Waals surface area contributed by atoms with E-state index in [2.05, 4.69) is 10.2 Å². The number of rotatable bonds is 3. The number of H-pyrrole nitrogens is 1. The van der Waals surface area contributed by atoms with E-state index in [1.807, 2.05) is 0 Å². The number of hydrogen-bond donors (Lipinski definition) is 1. The van der Waals surface area contributed by atoms with Crippen LogP contribution in [0.4, 0.5) is 8.78 Å². The van der Waals surface area contributed by atoms with E-state index in [0.717, 1.165) is 55.1 Å². The highest BCUT2D eigenvalue weighted by Gasteiger charge is 2.23. The smallest absolute Gasteiger partial charge is 0.359 e. The van der Waals surface area contributed by atoms with Gasteiger partial charge in [0.2, 0.25) is 0 Å². The van der Waals surface area contributed by atoms with Crippen molar-refractivity contribution in [1.29, 1.82) is 0 Å². The van der Waals surface area contributed by atoms with E-state index < -0.39 is 17.6 Å². The van der Waals surface area contributed by atoms with Gasteiger partial charge in [0, 0.05) is 16.8 Å². The van der Waals surface area contributed by atoms with Crippen molar-refractivity contribution < 1.29 is 18.3 Å². The molecule has 2 aromatic rings. The van der Waals surface area contributed by atoms with Crippen molar-refractivity contribution in [3.63, 3.8) is 0 Å². The lowest BCUT2D eigenvalue weighted by atomic mass is 9.96. The monoisotopic (exact) mass is 292 g/mol. The van der Waals surface area contributed by atoms with Crippen LogP contribution >= 0.6 is 0 Å². The van der Waals surface area contributed by atoms with E-state index in [0.29, 0.717) is 0 Å². The molecule has 6 heteroatoms. The highest BCUT2D eigenvalue weighted by Crippen LogP contribution is 2.23. The second-order valence-corrected chi connectivity index (χ2v) is 5.05. The third-order valence-electron chi connectivity index (χ3n) is 3.62. The van der Waals surface area contributed by atoms with Gasteiger partial charge in [0.05, 0.1) is 0 Å². The number of ether oxygens (including phenoxy) is 1. The highest BCUT2D eigenvalue weighted by molar-refractivity contribution is 5.89. The molecule has 21 heavy (non-hydrogen) atoms. The van der Waals surface area contributed by atoms with Gasteiger partial charge in [0.1, 0.15) is 18.2 Å². The number of carbonyl (C=O) groups is 1. The molecular formula is C15H14F2N2O2. The molecule has 0 atom stereocenters. The predicted octanol–water partition coefficient (Wildman–Crippen LogP) is 2.92. The van der Waals surface area contributed by atoms with Gasteiger partial charge in [-0.15, -0.1) is 0 Å². The average Bonchev–Trinajstić information content (AvgIpc) is 2.92. The molecule has 1 aliphatic carbocycles. The second-order valence-electron chi connectivity index (χ2n) is 5.05. The standard InChI is InChI=1S/C15H14F2N2O2/c16-10-5-6-12(17)9(7-10)8-21-15(20)14-11-3-1-2-4-13(11)18-19-14/h5-7H,1-4,8H2,(H,18,19). The van der Waals surface area contributed by atoms with Crippen molar-refractivity contribution in [2.75, 3.05) is 0 Å². The van der Waals surface area contributed by atoms with E-state index >= 15 is 0 Å². The number of aryl methyl sites for hydroxylation is 1. The molecule has 1 aromatic carbocycles. The number of nitrogens with one attached hydrogen (secondary N) is 1. The molecule has 1 aromatic heterocycles. The number of carbonyl (C=O) groups excluding carboxylic acids is 1. The van der Waals surface area contributed by atoms with Gasteiger partial charge in [-0.2, -0.15) is 5.10 Å². The summed E-state index contributed by atoms with van der Waals surface area (Å²) in [6.45, 7) is -0.315. The van der Waals surface area contributed by atoms with Crippen LogP contribution in [0.5, 0.6) is 0 Å². The first-order chi connectivity index (χ1) is 10.1. The second kappa shape index (κ2) is 5.63. The fourth-order valence-corrected chi connectivity index (χ4v) is 2.52. The van der Waals surface area contributed by atoms with Gasteiger partial charge in [-0.25, -0.2) is 13.6 Å². The van der Waals surface area contributed by atoms with Crippen LogP contribution in [0.3, 0.4) is 0 Å². The fourth-order valence-electron chi connectivity index (χ4n) is 2.52. The Kier molecular flexibility index (Phi) is 3.68. The van der Waals surface area contributed by atoms with Crippen molar-refractivity contribution in [3.05, 3.63) is 52.3 Å². The van der Waals surface area contributed by atoms with E-state index in [4.69, 9.17) is 4.74 Å². The first-order valence-corrected chi connectivity index (χ1v) is 6.82. The van der Waals surface area contributed by atoms with Gasteiger partial charge in [-0.3, -0.25) is 5.10 Å². The zero-order chi connectivity index (χ0) is 14.8. The Morgan fingerprint density at radius 2 is 2.10 bits per heavy atom. The Morgan fingerprint density at radius 3 is 2.95 bits per heavy atom. The Hall–Kier alpha value is -2.24. The third-order valence-corrected chi connectivity index (χ3v) is 3.62. The van der Waals surface area contributed by atoms with Crippen LogP contribution in [-0.2, 0) is 24.2 Å². The summed E-state index contributed by atoms with van der Waals surface area (Å²) in [5.74, 6) is -1.79. The number of halogens is 2. The maximum Gasteiger partial charge on any atom is 0.359 e. The maximum absolute atomic E-state index is 13.5. The summed E-state index contributed by atoms with van der Waals surface area (Å²) in [5, 5.41) is 6.82. The van der Waals surface area contributed by atoms with Crippen LogP contribution in [0.1, 0.15) is 40.2 Å². The number of aromatic nitrogens is 2. The van der Waals surface area contributed by atoms with Crippen molar-refractivity contribution in [2.45, 2.75) is 32.3 Å². The molecule has 110 valence electrons. The van der Waals surface area contributed by atoms with Crippen molar-refractivity contribution in [2.24, 2.45) is 0 Å². The molecule has 0 unspecified atom stereocenters. The summed E-state index contributed by atoms with van der Waals surface area (Å²) in [6.07, 6.45) is 3.72. The first-order valence-electron chi connectivity index (χ1n) is 6.82. The summed E-state index contributed by atoms with van der Waals surface area (Å²) in [7, 11) is 0. The van der Waals surface area contributed by atoms with Crippen LogP contribution in [0.15, 0.2) is 18.2 Å². The molecule has 1 heterocycles. The van der Waals surface area contributed by atoms with Gasteiger partial charge in [-0.05, 0) is 43.9 Å². The lowest BCUT2D eigenvalue weighted by Gasteiger charge is -2.11. The van der Waals surface area contributed by atoms with Crippen LogP contribution < -0.4 is 0 Å². The van der Waals surface area contributed by atoms with Gasteiger partial charge in [0.15, 0.2) is 5.69 Å². The lowest BCUT2D eigenvalue weighted by molar-refractivity contribution is 0.0460. The summed E-state index contributed by atoms with van der Waals surface area (Å²) in [5.41, 5.74) is 2.10. The van der Waals surface area contributed by atoms with Crippen molar-refractivity contribution in [3.8, 4) is 0 Å². The molecule has 4 nitrogen and oxygen atoms in total. The van der Waals surface area contributed by atoms with Crippen LogP contribution in [0, 0.1) is 11.6 Å². The Morgan fingerprint density at radius 1 is 1.29 bits per heavy atom. The predicted molar refractivity (Wildman–Crippen MR) is 70.7 cm³/mol. The SMILES string of the molecule is O=C(OCc1cc(F)ccc1F)c1n[nH]c2c1CCCC2. The summed E-state index contributed by atoms with van der Waals surface area (Å²) < 4.78 is 31.5. The molecule has 0 radical (unpaired) electrons. The van der Waals surface area contributed by atoms with E-state index in [-0.39, 0.29) is 17.9 Å². The minimum atomic E-state index is -0.613. The van der Waals surface area contributed by atoms with Gasteiger partial charge < -0.3 is 4.74 Å². The van der Waals surface area contributed by atoms with Crippen LogP contribution in [-0.4, -0.2) is 16.2 Å². The minimum Gasteiger partial charge on any atom is -0.456 e. The molecule has 0 aliphatic heterocycles. The molecule has 3 rings (SSSR count). The normalized spacial score (nSPS) is 13.8. The largest absolute Gasteiger partial charge is 0.456 e. The number of hydrogen-bond acceptors (Lipinski definition) is 3. The molecule has 0 saturated heterocycles. The summed E-state index contributed by atoms with van der Waals surface area (Å²) >= 11 is 0. The summed E-state index contributed by atoms with van der Waals surface area (Å²) in [4.78, 5) is 12.0. The average molecular weight is 292 g/mol. The molecule has 0 fully saturated rings. The molecule has 1 aliphatic rings. The maximum atomic E-state index is 13.5. The molecule has 0 amide bonds. The lowest BCUT2D eigenvalue weighted by Crippen LogP contribution is -2.11. The third kappa shape index (κ3) is 2.79. The molecule has 1 N–H and O–H groups in total. The van der Waals surface area contributed by atoms with E-state index in [1.165, 1.54) is 0 Å². The van der Waals surface area contributed by atoms with Crippen molar-refractivity contribution >= 4 is 5.97 Å². The Labute approximate surface area is 120 Å². The fraction of sp³-hybridized carbons (Fsp3) is 0.333. The minimum absolute atomic E-state index is 0.00718. The number of nitrogens with zero attached hydrogens (tertiary/aromatic N) is 1. The van der Waals surface area contributed by atoms with Crippen LogP contribution in [0.25, 0.3) is 0 Å². The zero-order valence-corrected chi connectivity index (χ0v) is 11.3. The Bertz CT molecular complexity index is 682.